The molecule has 1 heterocycles. The van der Waals surface area contributed by atoms with E-state index >= 15 is 0 Å². The molecule has 4 N–H and O–H groups in total. The molecule has 0 saturated heterocycles. The van der Waals surface area contributed by atoms with Gasteiger partial charge in [0.2, 0.25) is 0 Å². The summed E-state index contributed by atoms with van der Waals surface area (Å²) in [5, 5.41) is 0. The zero-order chi connectivity index (χ0) is 16.8. The van der Waals surface area contributed by atoms with E-state index in [9.17, 15) is 0 Å². The van der Waals surface area contributed by atoms with Crippen LogP contribution < -0.4 is 20.9 Å². The summed E-state index contributed by atoms with van der Waals surface area (Å²) in [5.74, 6) is 1.48. The van der Waals surface area contributed by atoms with Gasteiger partial charge < -0.3 is 20.9 Å². The van der Waals surface area contributed by atoms with Gasteiger partial charge in [-0.05, 0) is 49.9 Å². The number of nitrogens with two attached hydrogens (primary N) is 2. The number of hydrogen-bond donors (Lipinski definition) is 2. The van der Waals surface area contributed by atoms with Gasteiger partial charge in [-0.3, -0.25) is 0 Å². The van der Waals surface area contributed by atoms with E-state index in [2.05, 4.69) is 12.2 Å². The molecular formula is C20H24N2O2. The van der Waals surface area contributed by atoms with Crippen molar-refractivity contribution in [1.82, 2.24) is 0 Å². The van der Waals surface area contributed by atoms with Crippen molar-refractivity contribution < 1.29 is 9.47 Å². The molecule has 0 spiro atoms. The molecule has 0 unspecified atom stereocenters. The number of anilines is 2. The largest absolute Gasteiger partial charge is 0.493 e. The van der Waals surface area contributed by atoms with Crippen LogP contribution in [0.15, 0.2) is 48.6 Å². The molecule has 24 heavy (non-hydrogen) atoms. The van der Waals surface area contributed by atoms with E-state index < -0.39 is 0 Å². The summed E-state index contributed by atoms with van der Waals surface area (Å²) in [4.78, 5) is 0. The lowest BCUT2D eigenvalue weighted by atomic mass is 9.99. The van der Waals surface area contributed by atoms with Crippen molar-refractivity contribution in [2.75, 3.05) is 24.7 Å². The first kappa shape index (κ1) is 16.2. The lowest BCUT2D eigenvalue weighted by molar-refractivity contribution is 0.306. The summed E-state index contributed by atoms with van der Waals surface area (Å²) < 4.78 is 12.0. The van der Waals surface area contributed by atoms with Crippen LogP contribution >= 0.6 is 0 Å². The van der Waals surface area contributed by atoms with Crippen LogP contribution in [-0.2, 0) is 0 Å². The molecular weight excluding hydrogens is 300 g/mol. The first-order chi connectivity index (χ1) is 11.8. The lowest BCUT2D eigenvalue weighted by Crippen LogP contribution is -2.04. The van der Waals surface area contributed by atoms with Crippen molar-refractivity contribution in [1.29, 1.82) is 0 Å². The highest BCUT2D eigenvalue weighted by Gasteiger charge is 2.18. The van der Waals surface area contributed by atoms with Crippen LogP contribution in [-0.4, -0.2) is 13.2 Å². The first-order valence-electron chi connectivity index (χ1n) is 8.45. The van der Waals surface area contributed by atoms with E-state index in [0.29, 0.717) is 24.6 Å². The highest BCUT2D eigenvalue weighted by molar-refractivity contribution is 5.92. The fourth-order valence-electron chi connectivity index (χ4n) is 2.92. The summed E-state index contributed by atoms with van der Waals surface area (Å²) in [5.41, 5.74) is 15.4. The molecule has 2 aromatic rings. The molecule has 3 rings (SSSR count). The molecule has 0 amide bonds. The second kappa shape index (κ2) is 7.77. The molecule has 0 fully saturated rings. The Morgan fingerprint density at radius 3 is 2.08 bits per heavy atom. The van der Waals surface area contributed by atoms with Crippen LogP contribution in [0, 0.1) is 0 Å². The minimum absolute atomic E-state index is 0.513. The average Bonchev–Trinajstić information content (AvgIpc) is 2.57. The van der Waals surface area contributed by atoms with Crippen molar-refractivity contribution in [3.05, 3.63) is 48.6 Å². The van der Waals surface area contributed by atoms with Gasteiger partial charge >= 0.3 is 0 Å². The fourth-order valence-corrected chi connectivity index (χ4v) is 2.92. The second-order valence-electron chi connectivity index (χ2n) is 5.92. The molecule has 0 aliphatic carbocycles. The third-order valence-electron chi connectivity index (χ3n) is 4.14. The number of benzene rings is 2. The van der Waals surface area contributed by atoms with Crippen molar-refractivity contribution in [3.63, 3.8) is 0 Å². The minimum atomic E-state index is 0.513. The maximum atomic E-state index is 6.26. The van der Waals surface area contributed by atoms with Gasteiger partial charge in [0.25, 0.3) is 0 Å². The fraction of sp³-hybridized carbons (Fsp3) is 0.300. The summed E-state index contributed by atoms with van der Waals surface area (Å²) in [7, 11) is 0. The Bertz CT molecular complexity index is 726. The molecule has 2 aromatic carbocycles. The van der Waals surface area contributed by atoms with Crippen LogP contribution in [0.5, 0.6) is 11.5 Å². The minimum Gasteiger partial charge on any atom is -0.493 e. The van der Waals surface area contributed by atoms with Crippen molar-refractivity contribution in [2.24, 2.45) is 0 Å². The highest BCUT2D eigenvalue weighted by atomic mass is 16.5. The lowest BCUT2D eigenvalue weighted by Gasteiger charge is -2.18. The van der Waals surface area contributed by atoms with Crippen LogP contribution in [0.25, 0.3) is 11.1 Å². The Kier molecular flexibility index (Phi) is 5.26. The maximum absolute atomic E-state index is 6.26. The third-order valence-corrected chi connectivity index (χ3v) is 4.14. The van der Waals surface area contributed by atoms with Gasteiger partial charge in [0, 0.05) is 11.4 Å². The Hall–Kier alpha value is -2.62. The Morgan fingerprint density at radius 1 is 0.708 bits per heavy atom. The first-order valence-corrected chi connectivity index (χ1v) is 8.45. The normalized spacial score (nSPS) is 16.7. The second-order valence-corrected chi connectivity index (χ2v) is 5.92. The smallest absolute Gasteiger partial charge is 0.129 e. The molecule has 0 saturated carbocycles. The van der Waals surface area contributed by atoms with Crippen LogP contribution in [0.3, 0.4) is 0 Å². The predicted molar refractivity (Wildman–Crippen MR) is 99.3 cm³/mol. The molecule has 4 nitrogen and oxygen atoms in total. The van der Waals surface area contributed by atoms with Gasteiger partial charge in [-0.2, -0.15) is 0 Å². The van der Waals surface area contributed by atoms with Crippen molar-refractivity contribution in [3.8, 4) is 22.6 Å². The molecule has 0 bridgehead atoms. The molecule has 0 aromatic heterocycles. The van der Waals surface area contributed by atoms with E-state index in [1.165, 1.54) is 0 Å². The quantitative estimate of drug-likeness (QED) is 0.556. The topological polar surface area (TPSA) is 70.5 Å². The number of allylic oxidation sites excluding steroid dienone is 1. The predicted octanol–water partition coefficient (Wildman–Crippen LogP) is 4.41. The van der Waals surface area contributed by atoms with E-state index in [4.69, 9.17) is 20.9 Å². The SMILES string of the molecule is Nc1cccc2c1-c1c(N)cccc1OCCCCC/C=C\CO2. The molecule has 1 aliphatic rings. The molecule has 126 valence electrons. The van der Waals surface area contributed by atoms with Gasteiger partial charge in [0.1, 0.15) is 18.1 Å². The van der Waals surface area contributed by atoms with E-state index in [0.717, 1.165) is 48.3 Å². The average molecular weight is 324 g/mol. The van der Waals surface area contributed by atoms with Crippen LogP contribution in [0.1, 0.15) is 25.7 Å². The number of rotatable bonds is 0. The van der Waals surface area contributed by atoms with Crippen molar-refractivity contribution in [2.45, 2.75) is 25.7 Å². The van der Waals surface area contributed by atoms with E-state index in [-0.39, 0.29) is 0 Å². The molecule has 1 aliphatic heterocycles. The summed E-state index contributed by atoms with van der Waals surface area (Å²) in [6, 6.07) is 11.4. The molecule has 4 heteroatoms. The standard InChI is InChI=1S/C20H24N2O2/c21-15-9-7-11-17-19(15)20-16(22)10-8-12-18(20)24-14-6-4-2-1-3-5-13-23-17/h3,5,7-12H,1-2,4,6,13-14,21-22H2/b5-3-. The van der Waals surface area contributed by atoms with Gasteiger partial charge in [-0.15, -0.1) is 0 Å². The zero-order valence-electron chi connectivity index (χ0n) is 13.8. The maximum Gasteiger partial charge on any atom is 0.129 e. The summed E-state index contributed by atoms with van der Waals surface area (Å²) >= 11 is 0. The Balaban J connectivity index is 2.08. The highest BCUT2D eigenvalue weighted by Crippen LogP contribution is 2.43. The number of ether oxygens (including phenoxy) is 2. The molecule has 0 radical (unpaired) electrons. The van der Waals surface area contributed by atoms with Crippen LogP contribution in [0.2, 0.25) is 0 Å². The summed E-state index contributed by atoms with van der Waals surface area (Å²) in [6.07, 6.45) is 8.62. The zero-order valence-corrected chi connectivity index (χ0v) is 13.8. The van der Waals surface area contributed by atoms with Crippen LogP contribution in [0.4, 0.5) is 11.4 Å². The number of hydrogen-bond acceptors (Lipinski definition) is 4. The van der Waals surface area contributed by atoms with E-state index in [1.54, 1.807) is 0 Å². The number of fused-ring (bicyclic) bond motifs is 3. The summed E-state index contributed by atoms with van der Waals surface area (Å²) in [6.45, 7) is 1.18. The van der Waals surface area contributed by atoms with Crippen molar-refractivity contribution >= 4 is 11.4 Å². The van der Waals surface area contributed by atoms with E-state index in [1.807, 2.05) is 36.4 Å². The van der Waals surface area contributed by atoms with Gasteiger partial charge in [0.15, 0.2) is 0 Å². The Morgan fingerprint density at radius 2 is 1.38 bits per heavy atom. The van der Waals surface area contributed by atoms with Gasteiger partial charge in [-0.1, -0.05) is 24.3 Å². The molecule has 0 atom stereocenters. The van der Waals surface area contributed by atoms with Gasteiger partial charge in [-0.25, -0.2) is 0 Å². The third kappa shape index (κ3) is 3.65. The monoisotopic (exact) mass is 324 g/mol. The van der Waals surface area contributed by atoms with Gasteiger partial charge in [0.05, 0.1) is 17.7 Å². The number of nitrogen functional groups attached to an aromatic ring is 2. The Labute approximate surface area is 143 Å².